The number of aromatic hydroxyl groups is 1. The van der Waals surface area contributed by atoms with Crippen LogP contribution in [0.3, 0.4) is 0 Å². The predicted molar refractivity (Wildman–Crippen MR) is 78.7 cm³/mol. The van der Waals surface area contributed by atoms with Gasteiger partial charge in [0.05, 0.1) is 6.61 Å². The number of benzene rings is 1. The first-order chi connectivity index (χ1) is 10.0. The normalized spacial score (nSPS) is 18.4. The maximum absolute atomic E-state index is 11.7. The van der Waals surface area contributed by atoms with Gasteiger partial charge < -0.3 is 19.8 Å². The molecule has 21 heavy (non-hydrogen) atoms. The number of phenols is 1. The number of carbonyl (C=O) groups is 1. The van der Waals surface area contributed by atoms with Gasteiger partial charge in [-0.2, -0.15) is 0 Å². The molecule has 116 valence electrons. The van der Waals surface area contributed by atoms with Gasteiger partial charge in [0.25, 0.3) is 0 Å². The summed E-state index contributed by atoms with van der Waals surface area (Å²) < 4.78 is 5.34. The number of phenolic OH excluding ortho intramolecular Hbond substituents is 1. The Morgan fingerprint density at radius 1 is 1.33 bits per heavy atom. The van der Waals surface area contributed by atoms with Gasteiger partial charge >= 0.3 is 5.97 Å². The van der Waals surface area contributed by atoms with E-state index < -0.39 is 12.0 Å². The van der Waals surface area contributed by atoms with Crippen LogP contribution in [-0.2, 0) is 4.79 Å². The average Bonchev–Trinajstić information content (AvgIpc) is 2.45. The Hall–Kier alpha value is -1.79. The van der Waals surface area contributed by atoms with E-state index in [9.17, 15) is 15.0 Å². The smallest absolute Gasteiger partial charge is 0.325 e. The molecule has 1 heterocycles. The number of likely N-dealkylation sites (N-methyl/N-ethyl adjacent to an activating group) is 1. The molecule has 6 heteroatoms. The molecule has 1 atom stereocenters. The minimum atomic E-state index is -0.955. The summed E-state index contributed by atoms with van der Waals surface area (Å²) in [6, 6.07) is 4.16. The lowest BCUT2D eigenvalue weighted by molar-refractivity contribution is -0.144. The number of nitrogens with zero attached hydrogens (tertiary/aromatic N) is 2. The average molecular weight is 294 g/mol. The van der Waals surface area contributed by atoms with Crippen molar-refractivity contribution in [3.05, 3.63) is 23.8 Å². The van der Waals surface area contributed by atoms with Gasteiger partial charge in [0.2, 0.25) is 0 Å². The Morgan fingerprint density at radius 2 is 2.00 bits per heavy atom. The van der Waals surface area contributed by atoms with Crippen LogP contribution in [0.4, 0.5) is 0 Å². The first kappa shape index (κ1) is 15.6. The second-order valence-electron chi connectivity index (χ2n) is 5.21. The SMILES string of the molecule is CCOc1cccc(C(C(=O)O)N2CCN(C)CC2)c1O. The molecule has 0 spiro atoms. The second-order valence-corrected chi connectivity index (χ2v) is 5.21. The van der Waals surface area contributed by atoms with Gasteiger partial charge in [-0.25, -0.2) is 0 Å². The summed E-state index contributed by atoms with van der Waals surface area (Å²) in [7, 11) is 2.01. The maximum Gasteiger partial charge on any atom is 0.325 e. The van der Waals surface area contributed by atoms with Crippen molar-refractivity contribution in [2.75, 3.05) is 39.8 Å². The minimum absolute atomic E-state index is 0.0781. The summed E-state index contributed by atoms with van der Waals surface area (Å²) in [5, 5.41) is 19.9. The number of rotatable bonds is 5. The number of carboxylic acid groups (broad SMARTS) is 1. The molecule has 0 radical (unpaired) electrons. The van der Waals surface area contributed by atoms with Crippen LogP contribution in [0, 0.1) is 0 Å². The number of para-hydroxylation sites is 1. The van der Waals surface area contributed by atoms with Gasteiger partial charge in [-0.05, 0) is 20.0 Å². The van der Waals surface area contributed by atoms with Crippen molar-refractivity contribution in [2.45, 2.75) is 13.0 Å². The van der Waals surface area contributed by atoms with E-state index in [0.29, 0.717) is 31.0 Å². The summed E-state index contributed by atoms with van der Waals surface area (Å²) in [6.45, 7) is 5.19. The maximum atomic E-state index is 11.7. The Bertz CT molecular complexity index is 498. The third kappa shape index (κ3) is 3.46. The number of aliphatic carboxylic acids is 1. The highest BCUT2D eigenvalue weighted by Crippen LogP contribution is 2.36. The van der Waals surface area contributed by atoms with E-state index in [1.165, 1.54) is 0 Å². The first-order valence-electron chi connectivity index (χ1n) is 7.14. The van der Waals surface area contributed by atoms with Gasteiger partial charge in [-0.15, -0.1) is 0 Å². The first-order valence-corrected chi connectivity index (χ1v) is 7.14. The van der Waals surface area contributed by atoms with Crippen molar-refractivity contribution in [1.29, 1.82) is 0 Å². The van der Waals surface area contributed by atoms with Crippen LogP contribution in [0.5, 0.6) is 11.5 Å². The van der Waals surface area contributed by atoms with E-state index in [0.717, 1.165) is 13.1 Å². The molecular formula is C15H22N2O4. The molecule has 6 nitrogen and oxygen atoms in total. The van der Waals surface area contributed by atoms with Crippen molar-refractivity contribution in [3.63, 3.8) is 0 Å². The van der Waals surface area contributed by atoms with Gasteiger partial charge in [-0.3, -0.25) is 9.69 Å². The van der Waals surface area contributed by atoms with Crippen LogP contribution < -0.4 is 4.74 Å². The van der Waals surface area contributed by atoms with Crippen molar-refractivity contribution >= 4 is 5.97 Å². The van der Waals surface area contributed by atoms with E-state index in [1.807, 2.05) is 18.9 Å². The molecule has 1 aliphatic heterocycles. The number of hydrogen-bond donors (Lipinski definition) is 2. The Morgan fingerprint density at radius 3 is 2.57 bits per heavy atom. The molecule has 2 N–H and O–H groups in total. The van der Waals surface area contributed by atoms with Crippen LogP contribution in [0.1, 0.15) is 18.5 Å². The molecule has 0 amide bonds. The largest absolute Gasteiger partial charge is 0.504 e. The summed E-state index contributed by atoms with van der Waals surface area (Å²) in [5.74, 6) is -0.704. The van der Waals surface area contributed by atoms with Crippen LogP contribution in [0.25, 0.3) is 0 Å². The highest BCUT2D eigenvalue weighted by Gasteiger charge is 2.32. The van der Waals surface area contributed by atoms with Gasteiger partial charge in [0.15, 0.2) is 11.5 Å². The van der Waals surface area contributed by atoms with Crippen LogP contribution >= 0.6 is 0 Å². The quantitative estimate of drug-likeness (QED) is 0.849. The fraction of sp³-hybridized carbons (Fsp3) is 0.533. The second kappa shape index (κ2) is 6.78. The van der Waals surface area contributed by atoms with Crippen molar-refractivity contribution < 1.29 is 19.7 Å². The number of carboxylic acids is 1. The Kier molecular flexibility index (Phi) is 5.03. The molecule has 0 saturated carbocycles. The van der Waals surface area contributed by atoms with Crippen LogP contribution in [-0.4, -0.2) is 65.8 Å². The zero-order valence-corrected chi connectivity index (χ0v) is 12.5. The fourth-order valence-electron chi connectivity index (χ4n) is 2.60. The van der Waals surface area contributed by atoms with Gasteiger partial charge in [-0.1, -0.05) is 12.1 Å². The minimum Gasteiger partial charge on any atom is -0.504 e. The molecule has 0 aromatic heterocycles. The number of hydrogen-bond acceptors (Lipinski definition) is 5. The molecular weight excluding hydrogens is 272 g/mol. The molecule has 1 aromatic rings. The van der Waals surface area contributed by atoms with Crippen LogP contribution in [0.2, 0.25) is 0 Å². The third-order valence-electron chi connectivity index (χ3n) is 3.76. The van der Waals surface area contributed by atoms with E-state index in [1.54, 1.807) is 18.2 Å². The number of piperazine rings is 1. The van der Waals surface area contributed by atoms with Crippen molar-refractivity contribution in [3.8, 4) is 11.5 Å². The standard InChI is InChI=1S/C15H22N2O4/c1-3-21-12-6-4-5-11(14(12)18)13(15(19)20)17-9-7-16(2)8-10-17/h4-6,13,18H,3,7-10H2,1-2H3,(H,19,20). The zero-order chi connectivity index (χ0) is 15.4. The topological polar surface area (TPSA) is 73.2 Å². The summed E-state index contributed by atoms with van der Waals surface area (Å²) in [4.78, 5) is 15.7. The van der Waals surface area contributed by atoms with E-state index in [-0.39, 0.29) is 5.75 Å². The highest BCUT2D eigenvalue weighted by molar-refractivity contribution is 5.77. The molecule has 1 unspecified atom stereocenters. The molecule has 1 fully saturated rings. The Labute approximate surface area is 124 Å². The number of ether oxygens (including phenoxy) is 1. The highest BCUT2D eigenvalue weighted by atomic mass is 16.5. The van der Waals surface area contributed by atoms with Gasteiger partial charge in [0.1, 0.15) is 6.04 Å². The molecule has 0 bridgehead atoms. The van der Waals surface area contributed by atoms with Crippen molar-refractivity contribution in [2.24, 2.45) is 0 Å². The molecule has 2 rings (SSSR count). The molecule has 1 aliphatic rings. The Balaban J connectivity index is 2.30. The molecule has 0 aliphatic carbocycles. The lowest BCUT2D eigenvalue weighted by Crippen LogP contribution is -2.47. The van der Waals surface area contributed by atoms with E-state index >= 15 is 0 Å². The predicted octanol–water partition coefficient (Wildman–Crippen LogP) is 1.16. The molecule has 1 aromatic carbocycles. The third-order valence-corrected chi connectivity index (χ3v) is 3.76. The zero-order valence-electron chi connectivity index (χ0n) is 12.5. The van der Waals surface area contributed by atoms with Gasteiger partial charge in [0, 0.05) is 31.7 Å². The van der Waals surface area contributed by atoms with Crippen LogP contribution in [0.15, 0.2) is 18.2 Å². The lowest BCUT2D eigenvalue weighted by atomic mass is 10.0. The van der Waals surface area contributed by atoms with E-state index in [4.69, 9.17) is 4.74 Å². The fourth-order valence-corrected chi connectivity index (χ4v) is 2.60. The lowest BCUT2D eigenvalue weighted by Gasteiger charge is -2.36. The van der Waals surface area contributed by atoms with Crippen molar-refractivity contribution in [1.82, 2.24) is 9.80 Å². The molecule has 1 saturated heterocycles. The summed E-state index contributed by atoms with van der Waals surface area (Å²) in [5.41, 5.74) is 0.387. The summed E-state index contributed by atoms with van der Waals surface area (Å²) in [6.07, 6.45) is 0. The monoisotopic (exact) mass is 294 g/mol. The van der Waals surface area contributed by atoms with E-state index in [2.05, 4.69) is 4.90 Å². The summed E-state index contributed by atoms with van der Waals surface area (Å²) >= 11 is 0.